The van der Waals surface area contributed by atoms with Crippen LogP contribution < -0.4 is 20.3 Å². The van der Waals surface area contributed by atoms with Gasteiger partial charge in [0.25, 0.3) is 5.91 Å². The summed E-state index contributed by atoms with van der Waals surface area (Å²) in [6.07, 6.45) is -4.99. The van der Waals surface area contributed by atoms with Crippen LogP contribution in [-0.4, -0.2) is 134 Å². The first kappa shape index (κ1) is 30.3. The van der Waals surface area contributed by atoms with E-state index in [2.05, 4.69) is 30.5 Å². The van der Waals surface area contributed by atoms with Crippen LogP contribution in [0.25, 0.3) is 0 Å². The van der Waals surface area contributed by atoms with Crippen molar-refractivity contribution in [3.05, 3.63) is 23.8 Å². The van der Waals surface area contributed by atoms with Gasteiger partial charge in [0.1, 0.15) is 0 Å². The first-order valence-electron chi connectivity index (χ1n) is 12.8. The number of rotatable bonds is 7. The summed E-state index contributed by atoms with van der Waals surface area (Å²) in [7, 11) is 5.35. The molecule has 4 amide bonds. The lowest BCUT2D eigenvalue weighted by atomic mass is 10.1. The Morgan fingerprint density at radius 1 is 1.00 bits per heavy atom. The highest BCUT2D eigenvalue weighted by molar-refractivity contribution is 7.19. The monoisotopic (exact) mass is 599 g/mol. The zero-order valence-electron chi connectivity index (χ0n) is 22.9. The summed E-state index contributed by atoms with van der Waals surface area (Å²) >= 11 is 1.13. The molecule has 2 aliphatic heterocycles. The lowest BCUT2D eigenvalue weighted by molar-refractivity contribution is -0.274. The molecule has 17 heteroatoms. The molecule has 1 aromatic carbocycles. The van der Waals surface area contributed by atoms with E-state index >= 15 is 0 Å². The molecule has 224 valence electrons. The van der Waals surface area contributed by atoms with Crippen molar-refractivity contribution in [1.29, 1.82) is 0 Å². The summed E-state index contributed by atoms with van der Waals surface area (Å²) in [5.41, 5.74) is -0.292. The number of hydrogen-bond acceptors (Lipinski definition) is 10. The zero-order valence-corrected chi connectivity index (χ0v) is 23.7. The summed E-state index contributed by atoms with van der Waals surface area (Å²) in [4.78, 5) is 46.9. The Labute approximate surface area is 238 Å². The van der Waals surface area contributed by atoms with Crippen molar-refractivity contribution in [1.82, 2.24) is 29.8 Å². The Kier molecular flexibility index (Phi) is 9.49. The van der Waals surface area contributed by atoms with E-state index in [1.807, 2.05) is 16.8 Å². The Morgan fingerprint density at radius 2 is 1.68 bits per heavy atom. The SMILES string of the molecule is CN1CCN(CC(=O)Nc2cc(C(=O)Nc3nnc(N4CCN(C(=O)N(C)C)CC4)s3)ccc2OC(F)(F)F)CC1. The van der Waals surface area contributed by atoms with Gasteiger partial charge in [-0.15, -0.1) is 23.4 Å². The number of halogens is 3. The van der Waals surface area contributed by atoms with Crippen LogP contribution in [0.3, 0.4) is 0 Å². The Balaban J connectivity index is 1.40. The third-order valence-corrected chi connectivity index (χ3v) is 7.44. The van der Waals surface area contributed by atoms with Gasteiger partial charge in [-0.25, -0.2) is 4.79 Å². The maximum Gasteiger partial charge on any atom is 0.573 e. The van der Waals surface area contributed by atoms with E-state index in [9.17, 15) is 27.6 Å². The molecule has 2 fully saturated rings. The number of carbonyl (C=O) groups excluding carboxylic acids is 3. The van der Waals surface area contributed by atoms with Crippen LogP contribution >= 0.6 is 11.3 Å². The first-order chi connectivity index (χ1) is 19.4. The number of anilines is 3. The van der Waals surface area contributed by atoms with Crippen LogP contribution in [0.4, 0.5) is 33.9 Å². The fraction of sp³-hybridized carbons (Fsp3) is 0.542. The summed E-state index contributed by atoms with van der Waals surface area (Å²) < 4.78 is 43.1. The molecule has 3 heterocycles. The molecule has 0 atom stereocenters. The first-order valence-corrected chi connectivity index (χ1v) is 13.7. The Morgan fingerprint density at radius 3 is 2.32 bits per heavy atom. The predicted molar refractivity (Wildman–Crippen MR) is 146 cm³/mol. The Bertz CT molecular complexity index is 1240. The van der Waals surface area contributed by atoms with Gasteiger partial charge < -0.3 is 29.7 Å². The van der Waals surface area contributed by atoms with Crippen molar-refractivity contribution < 1.29 is 32.3 Å². The lowest BCUT2D eigenvalue weighted by Gasteiger charge is -2.35. The van der Waals surface area contributed by atoms with E-state index in [1.165, 1.54) is 4.90 Å². The van der Waals surface area contributed by atoms with E-state index in [1.54, 1.807) is 19.0 Å². The van der Waals surface area contributed by atoms with E-state index in [4.69, 9.17) is 0 Å². The van der Waals surface area contributed by atoms with Gasteiger partial charge in [0, 0.05) is 72.0 Å². The van der Waals surface area contributed by atoms with Gasteiger partial charge >= 0.3 is 12.4 Å². The van der Waals surface area contributed by atoms with Crippen LogP contribution in [0.2, 0.25) is 0 Å². The highest BCUT2D eigenvalue weighted by Gasteiger charge is 2.33. The molecule has 13 nitrogen and oxygen atoms in total. The molecule has 41 heavy (non-hydrogen) atoms. The maximum atomic E-state index is 13.0. The normalized spacial score (nSPS) is 16.8. The minimum absolute atomic E-state index is 0.0121. The second-order valence-corrected chi connectivity index (χ2v) is 10.8. The predicted octanol–water partition coefficient (Wildman–Crippen LogP) is 1.68. The number of carbonyl (C=O) groups is 3. The van der Waals surface area contributed by atoms with Crippen molar-refractivity contribution in [3.63, 3.8) is 0 Å². The van der Waals surface area contributed by atoms with Gasteiger partial charge in [-0.2, -0.15) is 0 Å². The van der Waals surface area contributed by atoms with Crippen molar-refractivity contribution in [2.75, 3.05) is 95.6 Å². The van der Waals surface area contributed by atoms with Crippen molar-refractivity contribution in [2.24, 2.45) is 0 Å². The van der Waals surface area contributed by atoms with Crippen molar-refractivity contribution in [3.8, 4) is 5.75 Å². The number of piperazine rings is 2. The smallest absolute Gasteiger partial charge is 0.404 e. The van der Waals surface area contributed by atoms with E-state index in [0.29, 0.717) is 44.4 Å². The molecule has 2 aromatic rings. The summed E-state index contributed by atoms with van der Waals surface area (Å²) in [6.45, 7) is 4.91. The Hall–Kier alpha value is -3.70. The molecule has 0 aliphatic carbocycles. The number of urea groups is 1. The average molecular weight is 600 g/mol. The molecule has 1 aromatic heterocycles. The highest BCUT2D eigenvalue weighted by Crippen LogP contribution is 2.32. The molecule has 2 N–H and O–H groups in total. The van der Waals surface area contributed by atoms with Gasteiger partial charge in [0.05, 0.1) is 12.2 Å². The second kappa shape index (κ2) is 12.9. The van der Waals surface area contributed by atoms with Gasteiger partial charge in [-0.3, -0.25) is 19.8 Å². The van der Waals surface area contributed by atoms with E-state index in [0.717, 1.165) is 42.6 Å². The molecule has 0 saturated carbocycles. The summed E-state index contributed by atoms with van der Waals surface area (Å²) in [5, 5.41) is 13.9. The number of nitrogens with one attached hydrogen (secondary N) is 2. The highest BCUT2D eigenvalue weighted by atomic mass is 32.1. The quantitative estimate of drug-likeness (QED) is 0.489. The minimum atomic E-state index is -4.99. The number of likely N-dealkylation sites (N-methyl/N-ethyl adjacent to an activating group) is 1. The third-order valence-electron chi connectivity index (χ3n) is 6.54. The molecular formula is C24H32F3N9O4S. The number of aromatic nitrogens is 2. The van der Waals surface area contributed by atoms with Gasteiger partial charge in [-0.1, -0.05) is 11.3 Å². The second-order valence-electron chi connectivity index (χ2n) is 9.88. The van der Waals surface area contributed by atoms with Crippen LogP contribution in [0.1, 0.15) is 10.4 Å². The van der Waals surface area contributed by atoms with E-state index in [-0.39, 0.29) is 29.0 Å². The van der Waals surface area contributed by atoms with Crippen molar-refractivity contribution >= 4 is 45.1 Å². The third kappa shape index (κ3) is 8.40. The van der Waals surface area contributed by atoms with E-state index < -0.39 is 23.9 Å². The van der Waals surface area contributed by atoms with Gasteiger partial charge in [-0.05, 0) is 25.2 Å². The number of ether oxygens (including phenoxy) is 1. The van der Waals surface area contributed by atoms with Crippen LogP contribution in [-0.2, 0) is 4.79 Å². The minimum Gasteiger partial charge on any atom is -0.404 e. The number of nitrogens with zero attached hydrogens (tertiary/aromatic N) is 7. The fourth-order valence-electron chi connectivity index (χ4n) is 4.32. The number of alkyl halides is 3. The van der Waals surface area contributed by atoms with Crippen LogP contribution in [0.15, 0.2) is 18.2 Å². The van der Waals surface area contributed by atoms with Crippen LogP contribution in [0.5, 0.6) is 5.75 Å². The molecule has 0 bridgehead atoms. The molecule has 0 unspecified atom stereocenters. The molecular weight excluding hydrogens is 567 g/mol. The largest absolute Gasteiger partial charge is 0.573 e. The van der Waals surface area contributed by atoms with Crippen molar-refractivity contribution in [2.45, 2.75) is 6.36 Å². The average Bonchev–Trinajstić information content (AvgIpc) is 3.38. The number of amides is 4. The maximum absolute atomic E-state index is 13.0. The van der Waals surface area contributed by atoms with Crippen LogP contribution in [0, 0.1) is 0 Å². The molecule has 0 spiro atoms. The fourth-order valence-corrected chi connectivity index (χ4v) is 5.11. The van der Waals surface area contributed by atoms with Gasteiger partial charge in [0.2, 0.25) is 16.2 Å². The number of hydrogen-bond donors (Lipinski definition) is 2. The standard InChI is InChI=1S/C24H32F3N9O4S/c1-32(2)23(39)36-12-10-35(11-13-36)22-31-30-21(41-22)29-20(38)16-4-5-18(40-24(25,26)27)17(14-16)28-19(37)15-34-8-6-33(3)7-9-34/h4-5,14H,6-13,15H2,1-3H3,(H,28,37)(H,29,30,38). The molecule has 4 rings (SSSR count). The molecule has 2 saturated heterocycles. The van der Waals surface area contributed by atoms with Gasteiger partial charge in [0.15, 0.2) is 5.75 Å². The molecule has 2 aliphatic rings. The molecule has 0 radical (unpaired) electrons. The summed E-state index contributed by atoms with van der Waals surface area (Å²) in [5.74, 6) is -1.81. The number of benzene rings is 1. The lowest BCUT2D eigenvalue weighted by Crippen LogP contribution is -2.51. The zero-order chi connectivity index (χ0) is 29.7. The summed E-state index contributed by atoms with van der Waals surface area (Å²) in [6, 6.07) is 3.20. The topological polar surface area (TPSA) is 126 Å².